The summed E-state index contributed by atoms with van der Waals surface area (Å²) in [6.45, 7) is 4.62. The minimum atomic E-state index is 0.165. The van der Waals surface area contributed by atoms with Crippen molar-refractivity contribution in [2.75, 3.05) is 6.26 Å². The Hall–Kier alpha value is -1.19. The molecule has 0 saturated carbocycles. The lowest BCUT2D eigenvalue weighted by Crippen LogP contribution is -2.30. The van der Waals surface area contributed by atoms with E-state index in [9.17, 15) is 0 Å². The molecule has 3 rings (SSSR count). The Morgan fingerprint density at radius 1 is 1.30 bits per heavy atom. The van der Waals surface area contributed by atoms with E-state index in [0.29, 0.717) is 0 Å². The van der Waals surface area contributed by atoms with Gasteiger partial charge in [-0.1, -0.05) is 19.9 Å². The van der Waals surface area contributed by atoms with E-state index in [1.54, 1.807) is 11.8 Å². The summed E-state index contributed by atoms with van der Waals surface area (Å²) in [5.41, 5.74) is 10.6. The molecule has 2 aromatic rings. The van der Waals surface area contributed by atoms with E-state index in [2.05, 4.69) is 61.2 Å². The van der Waals surface area contributed by atoms with E-state index in [1.165, 1.54) is 21.8 Å². The van der Waals surface area contributed by atoms with Crippen LogP contribution in [0.2, 0.25) is 0 Å². The Morgan fingerprint density at radius 2 is 2.10 bits per heavy atom. The first-order chi connectivity index (χ1) is 9.50. The molecule has 0 amide bonds. The molecule has 0 saturated heterocycles. The van der Waals surface area contributed by atoms with Gasteiger partial charge in [0.2, 0.25) is 0 Å². The average Bonchev–Trinajstić information content (AvgIpc) is 2.81. The molecule has 2 N–H and O–H groups in total. The summed E-state index contributed by atoms with van der Waals surface area (Å²) >= 11 is 1.78. The third kappa shape index (κ3) is 2.40. The molecule has 0 radical (unpaired) electrons. The molecule has 0 bridgehead atoms. The van der Waals surface area contributed by atoms with Crippen LogP contribution >= 0.6 is 11.8 Å². The maximum Gasteiger partial charge on any atom is 0.0463 e. The molecule has 1 aliphatic rings. The van der Waals surface area contributed by atoms with Gasteiger partial charge in [-0.15, -0.1) is 11.8 Å². The number of benzene rings is 1. The fraction of sp³-hybridized carbons (Fsp3) is 0.412. The van der Waals surface area contributed by atoms with Crippen molar-refractivity contribution in [2.45, 2.75) is 37.6 Å². The zero-order valence-corrected chi connectivity index (χ0v) is 13.2. The molecule has 0 spiro atoms. The molecule has 0 aliphatic heterocycles. The summed E-state index contributed by atoms with van der Waals surface area (Å²) in [4.78, 5) is 1.30. The average molecular weight is 286 g/mol. The van der Waals surface area contributed by atoms with Crippen LogP contribution in [0.4, 0.5) is 0 Å². The van der Waals surface area contributed by atoms with Crippen molar-refractivity contribution in [1.29, 1.82) is 0 Å². The highest BCUT2D eigenvalue weighted by molar-refractivity contribution is 7.98. The lowest BCUT2D eigenvalue weighted by atomic mass is 9.74. The van der Waals surface area contributed by atoms with Gasteiger partial charge in [-0.2, -0.15) is 0 Å². The first kappa shape index (κ1) is 13.8. The number of aromatic nitrogens is 1. The summed E-state index contributed by atoms with van der Waals surface area (Å²) < 4.78 is 2.32. The molecule has 2 nitrogen and oxygen atoms in total. The summed E-state index contributed by atoms with van der Waals surface area (Å²) in [5, 5.41) is 0. The zero-order valence-electron chi connectivity index (χ0n) is 12.4. The Bertz CT molecular complexity index is 628. The molecule has 1 aromatic carbocycles. The maximum atomic E-state index is 6.35. The highest BCUT2D eigenvalue weighted by Gasteiger charge is 2.32. The van der Waals surface area contributed by atoms with E-state index >= 15 is 0 Å². The minimum Gasteiger partial charge on any atom is -0.324 e. The van der Waals surface area contributed by atoms with Crippen LogP contribution < -0.4 is 5.73 Å². The van der Waals surface area contributed by atoms with E-state index in [-0.39, 0.29) is 11.5 Å². The fourth-order valence-corrected chi connectivity index (χ4v) is 3.69. The van der Waals surface area contributed by atoms with Crippen LogP contribution in [0.3, 0.4) is 0 Å². The van der Waals surface area contributed by atoms with Crippen molar-refractivity contribution < 1.29 is 0 Å². The molecule has 0 fully saturated rings. The van der Waals surface area contributed by atoms with Gasteiger partial charge in [-0.05, 0) is 54.3 Å². The van der Waals surface area contributed by atoms with Crippen LogP contribution in [0.5, 0.6) is 0 Å². The Kier molecular flexibility index (Phi) is 3.43. The van der Waals surface area contributed by atoms with Gasteiger partial charge in [0.25, 0.3) is 0 Å². The molecule has 1 aliphatic carbocycles. The monoisotopic (exact) mass is 286 g/mol. The molecule has 1 unspecified atom stereocenters. The first-order valence-corrected chi connectivity index (χ1v) is 8.33. The second-order valence-electron chi connectivity index (χ2n) is 6.44. The van der Waals surface area contributed by atoms with Crippen LogP contribution in [0.25, 0.3) is 5.69 Å². The van der Waals surface area contributed by atoms with Gasteiger partial charge < -0.3 is 10.3 Å². The lowest BCUT2D eigenvalue weighted by Gasteiger charge is -2.34. The number of fused-ring (bicyclic) bond motifs is 1. The number of thioether (sulfide) groups is 1. The Labute approximate surface area is 125 Å². The third-order valence-corrected chi connectivity index (χ3v) is 4.90. The van der Waals surface area contributed by atoms with Crippen molar-refractivity contribution >= 4 is 11.8 Å². The molecule has 3 heteroatoms. The first-order valence-electron chi connectivity index (χ1n) is 7.10. The van der Waals surface area contributed by atoms with Crippen molar-refractivity contribution in [3.63, 3.8) is 0 Å². The van der Waals surface area contributed by atoms with Gasteiger partial charge in [0.15, 0.2) is 0 Å². The van der Waals surface area contributed by atoms with E-state index in [1.807, 2.05) is 0 Å². The lowest BCUT2D eigenvalue weighted by molar-refractivity contribution is 0.278. The van der Waals surface area contributed by atoms with Gasteiger partial charge in [-0.3, -0.25) is 0 Å². The maximum absolute atomic E-state index is 6.35. The third-order valence-electron chi connectivity index (χ3n) is 4.18. The molecule has 1 atom stereocenters. The summed E-state index contributed by atoms with van der Waals surface area (Å²) in [5.74, 6) is 0. The number of nitrogens with two attached hydrogens (primary N) is 1. The van der Waals surface area contributed by atoms with Crippen molar-refractivity contribution in [1.82, 2.24) is 4.57 Å². The van der Waals surface area contributed by atoms with E-state index in [0.717, 1.165) is 12.8 Å². The van der Waals surface area contributed by atoms with E-state index in [4.69, 9.17) is 5.73 Å². The SMILES string of the molecule is CSc1cccc(-n2ccc3c2CC(C)(C)CC3N)c1. The largest absolute Gasteiger partial charge is 0.324 e. The number of hydrogen-bond acceptors (Lipinski definition) is 2. The van der Waals surface area contributed by atoms with Crippen LogP contribution in [-0.4, -0.2) is 10.8 Å². The van der Waals surface area contributed by atoms with Gasteiger partial charge >= 0.3 is 0 Å². The smallest absolute Gasteiger partial charge is 0.0463 e. The van der Waals surface area contributed by atoms with E-state index < -0.39 is 0 Å². The van der Waals surface area contributed by atoms with Crippen molar-refractivity contribution in [3.05, 3.63) is 47.8 Å². The molecular weight excluding hydrogens is 264 g/mol. The molecule has 1 heterocycles. The summed E-state index contributed by atoms with van der Waals surface area (Å²) in [6.07, 6.45) is 6.44. The van der Waals surface area contributed by atoms with Crippen molar-refractivity contribution in [2.24, 2.45) is 11.1 Å². The van der Waals surface area contributed by atoms with Gasteiger partial charge in [0, 0.05) is 28.5 Å². The highest BCUT2D eigenvalue weighted by Crippen LogP contribution is 2.40. The number of hydrogen-bond donors (Lipinski definition) is 1. The van der Waals surface area contributed by atoms with Crippen LogP contribution in [0.1, 0.15) is 37.6 Å². The summed E-state index contributed by atoms with van der Waals surface area (Å²) in [6, 6.07) is 11.1. The second kappa shape index (κ2) is 4.97. The molecule has 1 aromatic heterocycles. The predicted octanol–water partition coefficient (Wildman–Crippen LogP) is 4.17. The van der Waals surface area contributed by atoms with Gasteiger partial charge in [0.1, 0.15) is 0 Å². The number of nitrogens with zero attached hydrogens (tertiary/aromatic N) is 1. The minimum absolute atomic E-state index is 0.165. The van der Waals surface area contributed by atoms with Crippen LogP contribution in [0, 0.1) is 5.41 Å². The standard InChI is InChI=1S/C17H22N2S/c1-17(2)10-15(18)14-7-8-19(16(14)11-17)12-5-4-6-13(9-12)20-3/h4-9,15H,10-11,18H2,1-3H3. The molecular formula is C17H22N2S. The van der Waals surface area contributed by atoms with Crippen LogP contribution in [-0.2, 0) is 6.42 Å². The fourth-order valence-electron chi connectivity index (χ4n) is 3.24. The normalized spacial score (nSPS) is 20.7. The van der Waals surface area contributed by atoms with Gasteiger partial charge in [0.05, 0.1) is 0 Å². The quantitative estimate of drug-likeness (QED) is 0.840. The molecule has 106 valence electrons. The highest BCUT2D eigenvalue weighted by atomic mass is 32.2. The second-order valence-corrected chi connectivity index (χ2v) is 7.32. The van der Waals surface area contributed by atoms with Gasteiger partial charge in [-0.25, -0.2) is 0 Å². The topological polar surface area (TPSA) is 30.9 Å². The van der Waals surface area contributed by atoms with Crippen molar-refractivity contribution in [3.8, 4) is 5.69 Å². The predicted molar refractivity (Wildman–Crippen MR) is 86.6 cm³/mol. The Morgan fingerprint density at radius 3 is 2.85 bits per heavy atom. The summed E-state index contributed by atoms with van der Waals surface area (Å²) in [7, 11) is 0. The number of rotatable bonds is 2. The Balaban J connectivity index is 2.08. The zero-order chi connectivity index (χ0) is 14.3. The molecule has 20 heavy (non-hydrogen) atoms. The van der Waals surface area contributed by atoms with Crippen LogP contribution in [0.15, 0.2) is 41.4 Å².